The molecule has 0 fully saturated rings. The molecule has 2 rings (SSSR count). The average Bonchev–Trinajstić information content (AvgIpc) is 2.33. The molecule has 0 saturated carbocycles. The van der Waals surface area contributed by atoms with E-state index in [0.29, 0.717) is 5.82 Å². The van der Waals surface area contributed by atoms with Crippen molar-refractivity contribution in [3.8, 4) is 0 Å². The van der Waals surface area contributed by atoms with Crippen molar-refractivity contribution < 1.29 is 0 Å². The van der Waals surface area contributed by atoms with E-state index in [1.807, 2.05) is 32.0 Å². The molecule has 3 N–H and O–H groups in total. The number of rotatable bonds is 3. The van der Waals surface area contributed by atoms with Gasteiger partial charge >= 0.3 is 0 Å². The minimum absolute atomic E-state index is 0.171. The van der Waals surface area contributed by atoms with Crippen molar-refractivity contribution in [3.05, 3.63) is 59.2 Å². The van der Waals surface area contributed by atoms with Gasteiger partial charge in [0.2, 0.25) is 0 Å². The van der Waals surface area contributed by atoms with Gasteiger partial charge < -0.3 is 0 Å². The Morgan fingerprint density at radius 2 is 1.82 bits per heavy atom. The van der Waals surface area contributed by atoms with Gasteiger partial charge in [0.1, 0.15) is 6.04 Å². The van der Waals surface area contributed by atoms with Crippen LogP contribution in [0.15, 0.2) is 36.7 Å². The summed E-state index contributed by atoms with van der Waals surface area (Å²) in [6.45, 7) is 4.01. The summed E-state index contributed by atoms with van der Waals surface area (Å²) in [5.74, 6) is 6.28. The van der Waals surface area contributed by atoms with Gasteiger partial charge in [-0.25, -0.2) is 15.4 Å². The van der Waals surface area contributed by atoms with Crippen molar-refractivity contribution in [2.75, 3.05) is 0 Å². The number of benzene rings is 1. The Kier molecular flexibility index (Phi) is 3.46. The van der Waals surface area contributed by atoms with E-state index in [0.717, 1.165) is 11.1 Å². The second-order valence-corrected chi connectivity index (χ2v) is 4.13. The van der Waals surface area contributed by atoms with Gasteiger partial charge in [-0.3, -0.25) is 5.84 Å². The highest BCUT2D eigenvalue weighted by molar-refractivity contribution is 5.28. The zero-order valence-corrected chi connectivity index (χ0v) is 10.0. The van der Waals surface area contributed by atoms with Crippen LogP contribution in [0.1, 0.15) is 28.6 Å². The summed E-state index contributed by atoms with van der Waals surface area (Å²) in [7, 11) is 0. The first kappa shape index (κ1) is 11.7. The van der Waals surface area contributed by atoms with Crippen molar-refractivity contribution in [1.82, 2.24) is 15.4 Å². The average molecular weight is 228 g/mol. The summed E-state index contributed by atoms with van der Waals surface area (Å²) in [6.07, 6.45) is 3.59. The van der Waals surface area contributed by atoms with Crippen molar-refractivity contribution in [3.63, 3.8) is 0 Å². The Labute approximate surface area is 101 Å². The number of aryl methyl sites for hydroxylation is 2. The van der Waals surface area contributed by atoms with Gasteiger partial charge in [0.05, 0.1) is 0 Å². The molecule has 2 aromatic rings. The zero-order valence-electron chi connectivity index (χ0n) is 10.0. The highest BCUT2D eigenvalue weighted by atomic mass is 15.2. The highest BCUT2D eigenvalue weighted by Crippen LogP contribution is 2.18. The Morgan fingerprint density at radius 3 is 2.41 bits per heavy atom. The summed E-state index contributed by atoms with van der Waals surface area (Å²) in [6, 6.07) is 7.97. The number of hydrazine groups is 1. The predicted molar refractivity (Wildman–Crippen MR) is 67.1 cm³/mol. The molecule has 0 aliphatic heterocycles. The molecule has 4 heteroatoms. The van der Waals surface area contributed by atoms with Gasteiger partial charge in [-0.1, -0.05) is 29.8 Å². The molecule has 4 nitrogen and oxygen atoms in total. The molecule has 17 heavy (non-hydrogen) atoms. The molecule has 0 aliphatic rings. The Bertz CT molecular complexity index is 493. The number of hydrogen-bond acceptors (Lipinski definition) is 4. The van der Waals surface area contributed by atoms with Crippen LogP contribution in [-0.2, 0) is 0 Å². The van der Waals surface area contributed by atoms with E-state index < -0.39 is 0 Å². The molecule has 1 unspecified atom stereocenters. The largest absolute Gasteiger partial charge is 0.270 e. The van der Waals surface area contributed by atoms with Crippen LogP contribution in [0.2, 0.25) is 0 Å². The first-order valence-corrected chi connectivity index (χ1v) is 5.52. The molecule has 1 aromatic carbocycles. The van der Waals surface area contributed by atoms with Crippen molar-refractivity contribution in [1.29, 1.82) is 0 Å². The minimum Gasteiger partial charge on any atom is -0.270 e. The maximum atomic E-state index is 5.59. The molecule has 0 saturated heterocycles. The van der Waals surface area contributed by atoms with E-state index in [4.69, 9.17) is 5.84 Å². The van der Waals surface area contributed by atoms with Crippen LogP contribution in [0.25, 0.3) is 0 Å². The minimum atomic E-state index is -0.171. The first-order chi connectivity index (χ1) is 8.20. The molecular weight excluding hydrogens is 212 g/mol. The van der Waals surface area contributed by atoms with Crippen LogP contribution >= 0.6 is 0 Å². The lowest BCUT2D eigenvalue weighted by Gasteiger charge is -2.15. The standard InChI is InChI=1S/C13H16N4/c1-9-4-3-5-11(6-9)12(17-14)13-15-7-10(2)8-16-13/h3-8,12,17H,14H2,1-2H3. The summed E-state index contributed by atoms with van der Waals surface area (Å²) in [5.41, 5.74) is 6.05. The fourth-order valence-corrected chi connectivity index (χ4v) is 1.72. The maximum Gasteiger partial charge on any atom is 0.150 e. The molecule has 1 aromatic heterocycles. The van der Waals surface area contributed by atoms with Gasteiger partial charge in [0.15, 0.2) is 5.82 Å². The molecule has 1 heterocycles. The summed E-state index contributed by atoms with van der Waals surface area (Å²) >= 11 is 0. The van der Waals surface area contributed by atoms with Crippen LogP contribution in [0.3, 0.4) is 0 Å². The van der Waals surface area contributed by atoms with Crippen molar-refractivity contribution in [2.45, 2.75) is 19.9 Å². The molecule has 1 atom stereocenters. The first-order valence-electron chi connectivity index (χ1n) is 5.52. The zero-order chi connectivity index (χ0) is 12.3. The Hall–Kier alpha value is -1.78. The summed E-state index contributed by atoms with van der Waals surface area (Å²) in [4.78, 5) is 8.60. The highest BCUT2D eigenvalue weighted by Gasteiger charge is 2.14. The van der Waals surface area contributed by atoms with E-state index in [2.05, 4.69) is 21.5 Å². The molecule has 0 amide bonds. The third-order valence-electron chi connectivity index (χ3n) is 2.60. The second kappa shape index (κ2) is 5.03. The topological polar surface area (TPSA) is 63.8 Å². The molecule has 0 radical (unpaired) electrons. The number of nitrogens with two attached hydrogens (primary N) is 1. The number of nitrogens with zero attached hydrogens (tertiary/aromatic N) is 2. The van der Waals surface area contributed by atoms with Crippen molar-refractivity contribution in [2.24, 2.45) is 5.84 Å². The van der Waals surface area contributed by atoms with Crippen LogP contribution in [0.5, 0.6) is 0 Å². The van der Waals surface area contributed by atoms with E-state index in [1.54, 1.807) is 12.4 Å². The van der Waals surface area contributed by atoms with E-state index >= 15 is 0 Å². The van der Waals surface area contributed by atoms with Gasteiger partial charge in [-0.15, -0.1) is 0 Å². The molecule has 88 valence electrons. The fraction of sp³-hybridized carbons (Fsp3) is 0.231. The van der Waals surface area contributed by atoms with E-state index in [1.165, 1.54) is 5.56 Å². The van der Waals surface area contributed by atoms with Crippen LogP contribution in [0.4, 0.5) is 0 Å². The SMILES string of the molecule is Cc1cnc(C(NN)c2cccc(C)c2)nc1. The molecule has 0 aliphatic carbocycles. The number of aromatic nitrogens is 2. The predicted octanol–water partition coefficient (Wildman–Crippen LogP) is 1.65. The van der Waals surface area contributed by atoms with Crippen LogP contribution in [-0.4, -0.2) is 9.97 Å². The van der Waals surface area contributed by atoms with Gasteiger partial charge in [-0.05, 0) is 25.0 Å². The lowest BCUT2D eigenvalue weighted by atomic mass is 10.0. The van der Waals surface area contributed by atoms with E-state index in [-0.39, 0.29) is 6.04 Å². The van der Waals surface area contributed by atoms with E-state index in [9.17, 15) is 0 Å². The molecule has 0 bridgehead atoms. The molecular formula is C13H16N4. The monoisotopic (exact) mass is 228 g/mol. The second-order valence-electron chi connectivity index (χ2n) is 4.13. The normalized spacial score (nSPS) is 12.4. The maximum absolute atomic E-state index is 5.59. The number of nitrogens with one attached hydrogen (secondary N) is 1. The smallest absolute Gasteiger partial charge is 0.150 e. The molecule has 0 spiro atoms. The quantitative estimate of drug-likeness (QED) is 0.619. The summed E-state index contributed by atoms with van der Waals surface area (Å²) < 4.78 is 0. The van der Waals surface area contributed by atoms with Crippen LogP contribution in [0, 0.1) is 13.8 Å². The Balaban J connectivity index is 2.36. The van der Waals surface area contributed by atoms with Crippen LogP contribution < -0.4 is 11.3 Å². The van der Waals surface area contributed by atoms with Gasteiger partial charge in [0, 0.05) is 12.4 Å². The van der Waals surface area contributed by atoms with Crippen molar-refractivity contribution >= 4 is 0 Å². The third kappa shape index (κ3) is 2.67. The lowest BCUT2D eigenvalue weighted by molar-refractivity contribution is 0.600. The number of hydrogen-bond donors (Lipinski definition) is 2. The third-order valence-corrected chi connectivity index (χ3v) is 2.60. The Morgan fingerprint density at radius 1 is 1.12 bits per heavy atom. The van der Waals surface area contributed by atoms with Gasteiger partial charge in [-0.2, -0.15) is 0 Å². The van der Waals surface area contributed by atoms with Gasteiger partial charge in [0.25, 0.3) is 0 Å². The summed E-state index contributed by atoms with van der Waals surface area (Å²) in [5, 5.41) is 0. The fourth-order valence-electron chi connectivity index (χ4n) is 1.72. The lowest BCUT2D eigenvalue weighted by Crippen LogP contribution is -2.30.